The van der Waals surface area contributed by atoms with Gasteiger partial charge in [-0.25, -0.2) is 17.8 Å². The van der Waals surface area contributed by atoms with E-state index in [2.05, 4.69) is 10.3 Å². The van der Waals surface area contributed by atoms with Gasteiger partial charge in [0.25, 0.3) is 5.91 Å². The summed E-state index contributed by atoms with van der Waals surface area (Å²) >= 11 is 0. The minimum absolute atomic E-state index is 0.0119. The zero-order chi connectivity index (χ0) is 15.6. The van der Waals surface area contributed by atoms with Gasteiger partial charge in [0.15, 0.2) is 14.9 Å². The monoisotopic (exact) mass is 309 g/mol. The Morgan fingerprint density at radius 2 is 2.00 bits per heavy atom. The van der Waals surface area contributed by atoms with Crippen LogP contribution in [0.4, 0.5) is 15.8 Å². The SMILES string of the molecule is CS(=O)(=O)c1ccc(NC(=O)c2cc(F)ccc2N)cn1. The minimum Gasteiger partial charge on any atom is -0.398 e. The normalized spacial score (nSPS) is 11.1. The van der Waals surface area contributed by atoms with Crippen molar-refractivity contribution in [1.29, 1.82) is 0 Å². The molecule has 21 heavy (non-hydrogen) atoms. The number of anilines is 2. The fourth-order valence-electron chi connectivity index (χ4n) is 1.60. The molecule has 0 aliphatic carbocycles. The van der Waals surface area contributed by atoms with Crippen LogP contribution in [0, 0.1) is 5.82 Å². The van der Waals surface area contributed by atoms with Gasteiger partial charge in [0.05, 0.1) is 17.4 Å². The number of nitrogens with zero attached hydrogens (tertiary/aromatic N) is 1. The topological polar surface area (TPSA) is 102 Å². The van der Waals surface area contributed by atoms with Crippen LogP contribution in [0.3, 0.4) is 0 Å². The fourth-order valence-corrected chi connectivity index (χ4v) is 2.16. The molecule has 0 atom stereocenters. The molecule has 0 unspecified atom stereocenters. The molecular weight excluding hydrogens is 297 g/mol. The van der Waals surface area contributed by atoms with E-state index in [0.717, 1.165) is 18.4 Å². The highest BCUT2D eigenvalue weighted by Gasteiger charge is 2.13. The Kier molecular flexibility index (Phi) is 3.90. The van der Waals surface area contributed by atoms with Crippen molar-refractivity contribution in [3.8, 4) is 0 Å². The Morgan fingerprint density at radius 3 is 2.57 bits per heavy atom. The van der Waals surface area contributed by atoms with Gasteiger partial charge in [0, 0.05) is 11.9 Å². The predicted molar refractivity (Wildman–Crippen MR) is 76.1 cm³/mol. The van der Waals surface area contributed by atoms with Crippen LogP contribution in [0.1, 0.15) is 10.4 Å². The van der Waals surface area contributed by atoms with Gasteiger partial charge < -0.3 is 11.1 Å². The first-order valence-corrected chi connectivity index (χ1v) is 7.69. The average molecular weight is 309 g/mol. The van der Waals surface area contributed by atoms with E-state index in [1.54, 1.807) is 0 Å². The molecule has 0 spiro atoms. The summed E-state index contributed by atoms with van der Waals surface area (Å²) in [6, 6.07) is 6.10. The van der Waals surface area contributed by atoms with Crippen LogP contribution in [-0.2, 0) is 9.84 Å². The standard InChI is InChI=1S/C13H12FN3O3S/c1-21(19,20)12-5-3-9(7-16-12)17-13(18)10-6-8(14)2-4-11(10)15/h2-7H,15H2,1H3,(H,17,18). The summed E-state index contributed by atoms with van der Waals surface area (Å²) in [4.78, 5) is 15.7. The first kappa shape index (κ1) is 14.9. The Balaban J connectivity index is 2.22. The largest absolute Gasteiger partial charge is 0.398 e. The summed E-state index contributed by atoms with van der Waals surface area (Å²) in [5.74, 6) is -1.19. The third-order valence-corrected chi connectivity index (χ3v) is 3.64. The van der Waals surface area contributed by atoms with Crippen molar-refractivity contribution in [3.63, 3.8) is 0 Å². The molecule has 0 bridgehead atoms. The van der Waals surface area contributed by atoms with Gasteiger partial charge in [0.1, 0.15) is 5.82 Å². The minimum atomic E-state index is -3.41. The molecule has 1 heterocycles. The molecule has 110 valence electrons. The van der Waals surface area contributed by atoms with Gasteiger partial charge >= 0.3 is 0 Å². The second kappa shape index (κ2) is 5.49. The maximum Gasteiger partial charge on any atom is 0.257 e. The predicted octanol–water partition coefficient (Wildman–Crippen LogP) is 1.46. The molecule has 1 amide bonds. The molecule has 3 N–H and O–H groups in total. The summed E-state index contributed by atoms with van der Waals surface area (Å²) in [7, 11) is -3.41. The number of amides is 1. The van der Waals surface area contributed by atoms with E-state index in [1.807, 2.05) is 0 Å². The zero-order valence-corrected chi connectivity index (χ0v) is 11.8. The van der Waals surface area contributed by atoms with Gasteiger partial charge in [-0.15, -0.1) is 0 Å². The van der Waals surface area contributed by atoms with Gasteiger partial charge in [-0.2, -0.15) is 0 Å². The Bertz CT molecular complexity index is 789. The number of aromatic nitrogens is 1. The van der Waals surface area contributed by atoms with Crippen molar-refractivity contribution in [1.82, 2.24) is 4.98 Å². The average Bonchev–Trinajstić information content (AvgIpc) is 2.41. The lowest BCUT2D eigenvalue weighted by atomic mass is 10.1. The molecule has 0 saturated heterocycles. The van der Waals surface area contributed by atoms with E-state index in [9.17, 15) is 17.6 Å². The first-order valence-electron chi connectivity index (χ1n) is 5.80. The summed E-state index contributed by atoms with van der Waals surface area (Å²) in [6.45, 7) is 0. The highest BCUT2D eigenvalue weighted by atomic mass is 32.2. The summed E-state index contributed by atoms with van der Waals surface area (Å²) in [5.41, 5.74) is 6.00. The van der Waals surface area contributed by atoms with Crippen LogP contribution in [-0.4, -0.2) is 25.6 Å². The summed E-state index contributed by atoms with van der Waals surface area (Å²) in [5, 5.41) is 2.36. The van der Waals surface area contributed by atoms with Crippen LogP contribution in [0.5, 0.6) is 0 Å². The van der Waals surface area contributed by atoms with Crippen molar-refractivity contribution in [2.45, 2.75) is 5.03 Å². The Labute approximate surface area is 120 Å². The number of hydrogen-bond donors (Lipinski definition) is 2. The second-order valence-corrected chi connectivity index (χ2v) is 6.31. The van der Waals surface area contributed by atoms with Crippen LogP contribution in [0.15, 0.2) is 41.6 Å². The van der Waals surface area contributed by atoms with Crippen LogP contribution in [0.25, 0.3) is 0 Å². The van der Waals surface area contributed by atoms with Gasteiger partial charge in [0.2, 0.25) is 0 Å². The number of rotatable bonds is 3. The van der Waals surface area contributed by atoms with Crippen molar-refractivity contribution >= 4 is 27.1 Å². The zero-order valence-electron chi connectivity index (χ0n) is 11.0. The second-order valence-electron chi connectivity index (χ2n) is 4.34. The third-order valence-electron chi connectivity index (χ3n) is 2.63. The quantitative estimate of drug-likeness (QED) is 0.836. The van der Waals surface area contributed by atoms with E-state index < -0.39 is 21.6 Å². The molecule has 1 aromatic carbocycles. The van der Waals surface area contributed by atoms with E-state index in [-0.39, 0.29) is 22.0 Å². The Hall–Kier alpha value is -2.48. The first-order chi connectivity index (χ1) is 9.77. The smallest absolute Gasteiger partial charge is 0.257 e. The molecular formula is C13H12FN3O3S. The highest BCUT2D eigenvalue weighted by Crippen LogP contribution is 2.16. The van der Waals surface area contributed by atoms with Crippen molar-refractivity contribution < 1.29 is 17.6 Å². The molecule has 2 aromatic rings. The number of sulfone groups is 1. The number of pyridine rings is 1. The molecule has 0 aliphatic rings. The highest BCUT2D eigenvalue weighted by molar-refractivity contribution is 7.90. The molecule has 0 saturated carbocycles. The number of carbonyl (C=O) groups is 1. The number of hydrogen-bond acceptors (Lipinski definition) is 5. The van der Waals surface area contributed by atoms with Crippen LogP contribution >= 0.6 is 0 Å². The van der Waals surface area contributed by atoms with Crippen LogP contribution < -0.4 is 11.1 Å². The van der Waals surface area contributed by atoms with Crippen molar-refractivity contribution in [2.24, 2.45) is 0 Å². The fraction of sp³-hybridized carbons (Fsp3) is 0.0769. The van der Waals surface area contributed by atoms with Crippen molar-refractivity contribution in [2.75, 3.05) is 17.3 Å². The lowest BCUT2D eigenvalue weighted by Crippen LogP contribution is -2.14. The van der Waals surface area contributed by atoms with E-state index in [0.29, 0.717) is 0 Å². The van der Waals surface area contributed by atoms with Crippen LogP contribution in [0.2, 0.25) is 0 Å². The lowest BCUT2D eigenvalue weighted by Gasteiger charge is -2.07. The molecule has 2 rings (SSSR count). The van der Waals surface area contributed by atoms with E-state index in [1.165, 1.54) is 24.4 Å². The molecule has 0 radical (unpaired) electrons. The molecule has 8 heteroatoms. The van der Waals surface area contributed by atoms with Gasteiger partial charge in [-0.1, -0.05) is 0 Å². The number of nitrogens with two attached hydrogens (primary N) is 1. The number of nitrogen functional groups attached to an aromatic ring is 1. The van der Waals surface area contributed by atoms with Gasteiger partial charge in [-0.05, 0) is 30.3 Å². The maximum absolute atomic E-state index is 13.1. The number of benzene rings is 1. The molecule has 0 aliphatic heterocycles. The van der Waals surface area contributed by atoms with Gasteiger partial charge in [-0.3, -0.25) is 4.79 Å². The summed E-state index contributed by atoms with van der Waals surface area (Å²) < 4.78 is 35.6. The molecule has 1 aromatic heterocycles. The number of halogens is 1. The third kappa shape index (κ3) is 3.54. The summed E-state index contributed by atoms with van der Waals surface area (Å²) in [6.07, 6.45) is 2.23. The van der Waals surface area contributed by atoms with E-state index in [4.69, 9.17) is 5.73 Å². The number of carbonyl (C=O) groups excluding carboxylic acids is 1. The number of nitrogens with one attached hydrogen (secondary N) is 1. The molecule has 6 nitrogen and oxygen atoms in total. The van der Waals surface area contributed by atoms with Crippen molar-refractivity contribution in [3.05, 3.63) is 47.9 Å². The Morgan fingerprint density at radius 1 is 1.29 bits per heavy atom. The maximum atomic E-state index is 13.1. The lowest BCUT2D eigenvalue weighted by molar-refractivity contribution is 0.102. The van der Waals surface area contributed by atoms with E-state index >= 15 is 0 Å². The molecule has 0 fully saturated rings.